The Kier molecular flexibility index (Phi) is 5.57. The van der Waals surface area contributed by atoms with Gasteiger partial charge in [-0.2, -0.15) is 0 Å². The maximum atomic E-state index is 9.62. The summed E-state index contributed by atoms with van der Waals surface area (Å²) in [5.74, 6) is 0. The van der Waals surface area contributed by atoms with Gasteiger partial charge < -0.3 is 5.11 Å². The minimum atomic E-state index is -0.409. The van der Waals surface area contributed by atoms with Crippen LogP contribution in [0.4, 0.5) is 0 Å². The van der Waals surface area contributed by atoms with Crippen molar-refractivity contribution >= 4 is 0 Å². The van der Waals surface area contributed by atoms with Crippen LogP contribution in [0.3, 0.4) is 0 Å². The molecule has 1 nitrogen and oxygen atoms in total. The zero-order valence-electron chi connectivity index (χ0n) is 8.19. The fourth-order valence-electron chi connectivity index (χ4n) is 1.11. The van der Waals surface area contributed by atoms with E-state index in [1.165, 1.54) is 25.7 Å². The van der Waals surface area contributed by atoms with Crippen molar-refractivity contribution in [2.75, 3.05) is 0 Å². The zero-order chi connectivity index (χ0) is 8.74. The van der Waals surface area contributed by atoms with E-state index in [0.717, 1.165) is 12.8 Å². The molecule has 1 unspecified atom stereocenters. The quantitative estimate of drug-likeness (QED) is 0.589. The van der Waals surface area contributed by atoms with Gasteiger partial charge in [0.15, 0.2) is 0 Å². The zero-order valence-corrected chi connectivity index (χ0v) is 8.19. The van der Waals surface area contributed by atoms with E-state index < -0.39 is 5.60 Å². The Hall–Kier alpha value is -0.0400. The second-order valence-corrected chi connectivity index (χ2v) is 3.66. The molecule has 11 heavy (non-hydrogen) atoms. The lowest BCUT2D eigenvalue weighted by Gasteiger charge is -2.20. The fraction of sp³-hybridized carbons (Fsp3) is 1.00. The van der Waals surface area contributed by atoms with Crippen LogP contribution in [-0.4, -0.2) is 10.7 Å². The van der Waals surface area contributed by atoms with Crippen LogP contribution in [-0.2, 0) is 0 Å². The van der Waals surface area contributed by atoms with Crippen LogP contribution in [0.5, 0.6) is 0 Å². The summed E-state index contributed by atoms with van der Waals surface area (Å²) >= 11 is 0. The smallest absolute Gasteiger partial charge is 0.0617 e. The van der Waals surface area contributed by atoms with Gasteiger partial charge in [-0.1, -0.05) is 39.5 Å². The van der Waals surface area contributed by atoms with E-state index in [1.54, 1.807) is 0 Å². The first-order chi connectivity index (χ1) is 5.12. The molecule has 0 aliphatic rings. The predicted octanol–water partition coefficient (Wildman–Crippen LogP) is 3.12. The molecule has 0 aromatic rings. The second kappa shape index (κ2) is 5.59. The molecule has 0 fully saturated rings. The van der Waals surface area contributed by atoms with Crippen LogP contribution in [0.2, 0.25) is 0 Å². The third-order valence-corrected chi connectivity index (χ3v) is 2.33. The summed E-state index contributed by atoms with van der Waals surface area (Å²) in [6, 6.07) is 0. The summed E-state index contributed by atoms with van der Waals surface area (Å²) in [5.41, 5.74) is -0.409. The van der Waals surface area contributed by atoms with Gasteiger partial charge in [0.25, 0.3) is 0 Å². The van der Waals surface area contributed by atoms with E-state index in [-0.39, 0.29) is 0 Å². The average molecular weight is 158 g/mol. The van der Waals surface area contributed by atoms with Crippen LogP contribution in [0, 0.1) is 0 Å². The third-order valence-electron chi connectivity index (χ3n) is 2.33. The Bertz CT molecular complexity index is 86.9. The first-order valence-corrected chi connectivity index (χ1v) is 4.84. The van der Waals surface area contributed by atoms with E-state index in [2.05, 4.69) is 6.92 Å². The van der Waals surface area contributed by atoms with Gasteiger partial charge in [-0.3, -0.25) is 0 Å². The Labute approximate surface area is 70.8 Å². The molecule has 0 aromatic heterocycles. The van der Waals surface area contributed by atoms with Crippen LogP contribution in [0.1, 0.15) is 59.3 Å². The van der Waals surface area contributed by atoms with Gasteiger partial charge in [-0.25, -0.2) is 0 Å². The Morgan fingerprint density at radius 1 is 1.09 bits per heavy atom. The van der Waals surface area contributed by atoms with Crippen molar-refractivity contribution in [3.05, 3.63) is 0 Å². The van der Waals surface area contributed by atoms with Crippen molar-refractivity contribution in [3.63, 3.8) is 0 Å². The van der Waals surface area contributed by atoms with Crippen molar-refractivity contribution in [3.8, 4) is 0 Å². The molecule has 0 aromatic carbocycles. The van der Waals surface area contributed by atoms with Crippen LogP contribution < -0.4 is 0 Å². The monoisotopic (exact) mass is 158 g/mol. The largest absolute Gasteiger partial charge is 0.390 e. The first-order valence-electron chi connectivity index (χ1n) is 4.84. The summed E-state index contributed by atoms with van der Waals surface area (Å²) in [5, 5.41) is 9.62. The summed E-state index contributed by atoms with van der Waals surface area (Å²) in [7, 11) is 0. The van der Waals surface area contributed by atoms with Gasteiger partial charge >= 0.3 is 0 Å². The molecule has 0 radical (unpaired) electrons. The minimum Gasteiger partial charge on any atom is -0.390 e. The van der Waals surface area contributed by atoms with E-state index >= 15 is 0 Å². The maximum Gasteiger partial charge on any atom is 0.0617 e. The normalized spacial score (nSPS) is 16.4. The van der Waals surface area contributed by atoms with Gasteiger partial charge in [0.2, 0.25) is 0 Å². The van der Waals surface area contributed by atoms with Gasteiger partial charge in [0, 0.05) is 0 Å². The molecule has 1 atom stereocenters. The van der Waals surface area contributed by atoms with E-state index in [9.17, 15) is 5.11 Å². The van der Waals surface area contributed by atoms with Crippen molar-refractivity contribution in [2.45, 2.75) is 64.9 Å². The molecule has 0 saturated carbocycles. The van der Waals surface area contributed by atoms with Crippen molar-refractivity contribution in [1.29, 1.82) is 0 Å². The van der Waals surface area contributed by atoms with Crippen LogP contribution in [0.25, 0.3) is 0 Å². The molecule has 0 spiro atoms. The molecule has 0 saturated heterocycles. The first kappa shape index (κ1) is 11.0. The lowest BCUT2D eigenvalue weighted by molar-refractivity contribution is 0.0442. The lowest BCUT2D eigenvalue weighted by atomic mass is 9.95. The Morgan fingerprint density at radius 3 is 2.18 bits per heavy atom. The van der Waals surface area contributed by atoms with E-state index in [0.29, 0.717) is 0 Å². The van der Waals surface area contributed by atoms with E-state index in [4.69, 9.17) is 0 Å². The maximum absolute atomic E-state index is 9.62. The molecular weight excluding hydrogens is 136 g/mol. The summed E-state index contributed by atoms with van der Waals surface area (Å²) in [4.78, 5) is 0. The van der Waals surface area contributed by atoms with Crippen LogP contribution >= 0.6 is 0 Å². The highest BCUT2D eigenvalue weighted by molar-refractivity contribution is 4.69. The molecule has 1 N–H and O–H groups in total. The van der Waals surface area contributed by atoms with Crippen LogP contribution in [0.15, 0.2) is 0 Å². The molecule has 0 bridgehead atoms. The number of aliphatic hydroxyl groups is 1. The standard InChI is InChI=1S/C10H22O/c1-4-6-7-8-9-10(3,11)5-2/h11H,4-9H2,1-3H3. The summed E-state index contributed by atoms with van der Waals surface area (Å²) in [6.07, 6.45) is 6.86. The number of hydrogen-bond acceptors (Lipinski definition) is 1. The predicted molar refractivity (Wildman–Crippen MR) is 49.7 cm³/mol. The minimum absolute atomic E-state index is 0.409. The Balaban J connectivity index is 3.23. The van der Waals surface area contributed by atoms with Gasteiger partial charge in [-0.05, 0) is 19.8 Å². The SMILES string of the molecule is CCCCCCC(C)(O)CC. The van der Waals surface area contributed by atoms with Crippen molar-refractivity contribution in [1.82, 2.24) is 0 Å². The Morgan fingerprint density at radius 2 is 1.73 bits per heavy atom. The molecule has 0 amide bonds. The molecule has 1 heteroatoms. The van der Waals surface area contributed by atoms with Gasteiger partial charge in [0.1, 0.15) is 0 Å². The number of hydrogen-bond donors (Lipinski definition) is 1. The highest BCUT2D eigenvalue weighted by Gasteiger charge is 2.15. The molecular formula is C10H22O. The van der Waals surface area contributed by atoms with Crippen molar-refractivity contribution < 1.29 is 5.11 Å². The molecule has 0 aliphatic heterocycles. The average Bonchev–Trinajstić information content (AvgIpc) is 1.99. The summed E-state index contributed by atoms with van der Waals surface area (Å²) < 4.78 is 0. The highest BCUT2D eigenvalue weighted by Crippen LogP contribution is 2.17. The number of rotatable bonds is 6. The highest BCUT2D eigenvalue weighted by atomic mass is 16.3. The third kappa shape index (κ3) is 6.36. The summed E-state index contributed by atoms with van der Waals surface area (Å²) in [6.45, 7) is 6.18. The van der Waals surface area contributed by atoms with E-state index in [1.807, 2.05) is 13.8 Å². The lowest BCUT2D eigenvalue weighted by Crippen LogP contribution is -2.22. The number of unbranched alkanes of at least 4 members (excludes halogenated alkanes) is 3. The molecule has 0 heterocycles. The molecule has 68 valence electrons. The molecule has 0 rings (SSSR count). The van der Waals surface area contributed by atoms with Crippen molar-refractivity contribution in [2.24, 2.45) is 0 Å². The fourth-order valence-corrected chi connectivity index (χ4v) is 1.11. The second-order valence-electron chi connectivity index (χ2n) is 3.66. The topological polar surface area (TPSA) is 20.2 Å². The molecule has 0 aliphatic carbocycles. The van der Waals surface area contributed by atoms with Gasteiger partial charge in [-0.15, -0.1) is 0 Å². The van der Waals surface area contributed by atoms with Gasteiger partial charge in [0.05, 0.1) is 5.60 Å².